The molecule has 1 nitrogen and oxygen atoms in total. The first kappa shape index (κ1) is 12.5. The van der Waals surface area contributed by atoms with Gasteiger partial charge >= 0.3 is 0 Å². The van der Waals surface area contributed by atoms with Crippen LogP contribution >= 0.6 is 11.6 Å². The van der Waals surface area contributed by atoms with Gasteiger partial charge in [-0.2, -0.15) is 0 Å². The summed E-state index contributed by atoms with van der Waals surface area (Å²) in [4.78, 5) is 0. The maximum absolute atomic E-state index is 12.7. The second-order valence-corrected chi connectivity index (χ2v) is 4.00. The van der Waals surface area contributed by atoms with Crippen LogP contribution in [-0.4, -0.2) is 13.1 Å². The Morgan fingerprint density at radius 3 is 2.80 bits per heavy atom. The number of nitrogens with one attached hydrogen (secondary N) is 1. The maximum Gasteiger partial charge on any atom is 0.124 e. The summed E-state index contributed by atoms with van der Waals surface area (Å²) in [5, 5.41) is 3.85. The second-order valence-electron chi connectivity index (χ2n) is 3.59. The van der Waals surface area contributed by atoms with Crippen LogP contribution in [0.2, 0.25) is 5.02 Å². The zero-order valence-corrected chi connectivity index (χ0v) is 9.78. The number of rotatable bonds is 6. The quantitative estimate of drug-likeness (QED) is 0.738. The average Bonchev–Trinajstić information content (AvgIpc) is 2.20. The third-order valence-electron chi connectivity index (χ3n) is 2.24. The number of benzene rings is 1. The fourth-order valence-corrected chi connectivity index (χ4v) is 1.69. The molecule has 0 aliphatic heterocycles. The molecule has 0 atom stereocenters. The van der Waals surface area contributed by atoms with Crippen LogP contribution in [0.15, 0.2) is 18.2 Å². The SMILES string of the molecule is CCCNCCCc1ccc(F)cc1Cl. The maximum atomic E-state index is 12.7. The first-order chi connectivity index (χ1) is 7.24. The summed E-state index contributed by atoms with van der Waals surface area (Å²) in [6, 6.07) is 4.59. The van der Waals surface area contributed by atoms with E-state index < -0.39 is 0 Å². The molecule has 84 valence electrons. The van der Waals surface area contributed by atoms with Gasteiger partial charge in [-0.25, -0.2) is 4.39 Å². The fraction of sp³-hybridized carbons (Fsp3) is 0.500. The third-order valence-corrected chi connectivity index (χ3v) is 2.59. The molecule has 1 aromatic carbocycles. The fourth-order valence-electron chi connectivity index (χ4n) is 1.43. The predicted molar refractivity (Wildman–Crippen MR) is 62.9 cm³/mol. The lowest BCUT2D eigenvalue weighted by molar-refractivity contribution is 0.624. The molecule has 1 rings (SSSR count). The highest BCUT2D eigenvalue weighted by molar-refractivity contribution is 6.31. The van der Waals surface area contributed by atoms with Crippen LogP contribution in [0.4, 0.5) is 4.39 Å². The van der Waals surface area contributed by atoms with E-state index in [-0.39, 0.29) is 5.82 Å². The Morgan fingerprint density at radius 1 is 1.33 bits per heavy atom. The number of hydrogen-bond donors (Lipinski definition) is 1. The minimum atomic E-state index is -0.271. The van der Waals surface area contributed by atoms with Gasteiger partial charge in [-0.15, -0.1) is 0 Å². The summed E-state index contributed by atoms with van der Waals surface area (Å²) in [5.74, 6) is -0.271. The predicted octanol–water partition coefficient (Wildman–Crippen LogP) is 3.41. The van der Waals surface area contributed by atoms with Gasteiger partial charge < -0.3 is 5.32 Å². The van der Waals surface area contributed by atoms with Gasteiger partial charge in [-0.3, -0.25) is 0 Å². The van der Waals surface area contributed by atoms with Gasteiger partial charge in [0, 0.05) is 5.02 Å². The Hall–Kier alpha value is -0.600. The molecule has 0 saturated heterocycles. The first-order valence-corrected chi connectivity index (χ1v) is 5.76. The Bertz CT molecular complexity index is 302. The summed E-state index contributed by atoms with van der Waals surface area (Å²) >= 11 is 5.91. The van der Waals surface area contributed by atoms with Crippen molar-refractivity contribution in [3.63, 3.8) is 0 Å². The van der Waals surface area contributed by atoms with Crippen molar-refractivity contribution in [2.24, 2.45) is 0 Å². The lowest BCUT2D eigenvalue weighted by atomic mass is 10.1. The second kappa shape index (κ2) is 6.81. The highest BCUT2D eigenvalue weighted by atomic mass is 35.5. The molecule has 1 aromatic rings. The normalized spacial score (nSPS) is 10.6. The van der Waals surface area contributed by atoms with Gasteiger partial charge in [0.2, 0.25) is 0 Å². The molecular formula is C12H17ClFN. The smallest absolute Gasteiger partial charge is 0.124 e. The summed E-state index contributed by atoms with van der Waals surface area (Å²) in [6.07, 6.45) is 3.08. The zero-order chi connectivity index (χ0) is 11.1. The standard InChI is InChI=1S/C12H17ClFN/c1-2-7-15-8-3-4-10-5-6-11(14)9-12(10)13/h5-6,9,15H,2-4,7-8H2,1H3. The van der Waals surface area contributed by atoms with Crippen LogP contribution in [0.5, 0.6) is 0 Å². The molecule has 0 aromatic heterocycles. The Morgan fingerprint density at radius 2 is 2.13 bits per heavy atom. The highest BCUT2D eigenvalue weighted by Crippen LogP contribution is 2.18. The number of hydrogen-bond acceptors (Lipinski definition) is 1. The molecule has 0 aliphatic carbocycles. The van der Waals surface area contributed by atoms with Crippen molar-refractivity contribution in [2.75, 3.05) is 13.1 Å². The van der Waals surface area contributed by atoms with Crippen molar-refractivity contribution in [3.05, 3.63) is 34.6 Å². The van der Waals surface area contributed by atoms with E-state index in [0.717, 1.165) is 37.9 Å². The van der Waals surface area contributed by atoms with Crippen LogP contribution in [0, 0.1) is 5.82 Å². The van der Waals surface area contributed by atoms with Gasteiger partial charge in [-0.05, 0) is 50.0 Å². The van der Waals surface area contributed by atoms with E-state index >= 15 is 0 Å². The van der Waals surface area contributed by atoms with Crippen molar-refractivity contribution in [3.8, 4) is 0 Å². The molecule has 0 amide bonds. The molecular weight excluding hydrogens is 213 g/mol. The lowest BCUT2D eigenvalue weighted by Crippen LogP contribution is -2.16. The van der Waals surface area contributed by atoms with Crippen molar-refractivity contribution in [1.82, 2.24) is 5.32 Å². The van der Waals surface area contributed by atoms with Crippen LogP contribution in [0.3, 0.4) is 0 Å². The van der Waals surface area contributed by atoms with Crippen molar-refractivity contribution >= 4 is 11.6 Å². The third kappa shape index (κ3) is 4.63. The van der Waals surface area contributed by atoms with E-state index in [0.29, 0.717) is 5.02 Å². The summed E-state index contributed by atoms with van der Waals surface area (Å²) in [5.41, 5.74) is 1.02. The number of aryl methyl sites for hydroxylation is 1. The summed E-state index contributed by atoms with van der Waals surface area (Å²) < 4.78 is 12.7. The van der Waals surface area contributed by atoms with Gasteiger partial charge in [0.05, 0.1) is 0 Å². The molecule has 0 fully saturated rings. The van der Waals surface area contributed by atoms with Gasteiger partial charge in [0.15, 0.2) is 0 Å². The molecule has 0 spiro atoms. The van der Waals surface area contributed by atoms with E-state index in [9.17, 15) is 4.39 Å². The molecule has 0 bridgehead atoms. The lowest BCUT2D eigenvalue weighted by Gasteiger charge is -2.05. The molecule has 0 saturated carbocycles. The minimum Gasteiger partial charge on any atom is -0.317 e. The molecule has 0 heterocycles. The monoisotopic (exact) mass is 229 g/mol. The minimum absolute atomic E-state index is 0.271. The van der Waals surface area contributed by atoms with E-state index in [1.807, 2.05) is 0 Å². The number of halogens is 2. The Kier molecular flexibility index (Phi) is 5.66. The summed E-state index contributed by atoms with van der Waals surface area (Å²) in [6.45, 7) is 4.18. The molecule has 0 aliphatic rings. The van der Waals surface area contributed by atoms with Crippen molar-refractivity contribution in [1.29, 1.82) is 0 Å². The van der Waals surface area contributed by atoms with E-state index in [2.05, 4.69) is 12.2 Å². The molecule has 0 unspecified atom stereocenters. The zero-order valence-electron chi connectivity index (χ0n) is 9.02. The van der Waals surface area contributed by atoms with Gasteiger partial charge in [0.1, 0.15) is 5.82 Å². The Balaban J connectivity index is 2.31. The first-order valence-electron chi connectivity index (χ1n) is 5.38. The van der Waals surface area contributed by atoms with Gasteiger partial charge in [-0.1, -0.05) is 24.6 Å². The molecule has 15 heavy (non-hydrogen) atoms. The molecule has 1 N–H and O–H groups in total. The van der Waals surface area contributed by atoms with Crippen LogP contribution in [0.1, 0.15) is 25.3 Å². The molecule has 0 radical (unpaired) electrons. The van der Waals surface area contributed by atoms with E-state index in [1.165, 1.54) is 12.1 Å². The topological polar surface area (TPSA) is 12.0 Å². The molecule has 3 heteroatoms. The highest BCUT2D eigenvalue weighted by Gasteiger charge is 2.01. The Labute approximate surface area is 95.6 Å². The van der Waals surface area contributed by atoms with Crippen LogP contribution in [0.25, 0.3) is 0 Å². The van der Waals surface area contributed by atoms with Gasteiger partial charge in [0.25, 0.3) is 0 Å². The van der Waals surface area contributed by atoms with Crippen LogP contribution in [-0.2, 0) is 6.42 Å². The largest absolute Gasteiger partial charge is 0.317 e. The van der Waals surface area contributed by atoms with Crippen molar-refractivity contribution < 1.29 is 4.39 Å². The van der Waals surface area contributed by atoms with E-state index in [1.54, 1.807) is 6.07 Å². The average molecular weight is 230 g/mol. The summed E-state index contributed by atoms with van der Waals surface area (Å²) in [7, 11) is 0. The van der Waals surface area contributed by atoms with Crippen molar-refractivity contribution in [2.45, 2.75) is 26.2 Å². The van der Waals surface area contributed by atoms with E-state index in [4.69, 9.17) is 11.6 Å². The van der Waals surface area contributed by atoms with Crippen LogP contribution < -0.4 is 5.32 Å².